The molecule has 1 aliphatic rings. The molecule has 1 aromatic heterocycles. The lowest BCUT2D eigenvalue weighted by Crippen LogP contribution is -2.57. The summed E-state index contributed by atoms with van der Waals surface area (Å²) in [5, 5.41) is 14.1. The molecule has 0 saturated carbocycles. The van der Waals surface area contributed by atoms with Crippen LogP contribution in [-0.2, 0) is 30.4 Å². The highest BCUT2D eigenvalue weighted by atomic mass is 32.1. The second-order valence-corrected chi connectivity index (χ2v) is 7.76. The van der Waals surface area contributed by atoms with Crippen molar-refractivity contribution in [2.45, 2.75) is 49.9 Å². The van der Waals surface area contributed by atoms with Crippen LogP contribution in [0.1, 0.15) is 25.0 Å². The predicted molar refractivity (Wildman–Crippen MR) is 114 cm³/mol. The minimum Gasteiger partial charge on any atom is -0.480 e. The topological polar surface area (TPSA) is 214 Å². The number of nitrogens with one attached hydrogen (secondary N) is 3. The van der Waals surface area contributed by atoms with Crippen LogP contribution in [0.3, 0.4) is 0 Å². The quantitative estimate of drug-likeness (QED) is 0.167. The molecule has 176 valence electrons. The molecule has 1 aromatic rings. The van der Waals surface area contributed by atoms with Crippen LogP contribution in [0, 0.1) is 0 Å². The van der Waals surface area contributed by atoms with Crippen LogP contribution in [0.25, 0.3) is 0 Å². The van der Waals surface area contributed by atoms with E-state index in [1.807, 2.05) is 0 Å². The van der Waals surface area contributed by atoms with E-state index in [1.165, 1.54) is 17.4 Å². The van der Waals surface area contributed by atoms with Gasteiger partial charge in [0.2, 0.25) is 23.6 Å². The molecule has 0 aromatic carbocycles. The standard InChI is InChI=1S/C18H27N7O6S/c19-10(5-14(20)26)17(29)25-3-1-2-13(25)16(28)23-11(4-9-6-21-8-22-9)15(27)24-12(7-32)18(30)31/h6,8,10-13,32H,1-5,7,19H2,(H2,20,26)(H,21,22)(H,23,28)(H,24,27)(H,30,31). The summed E-state index contributed by atoms with van der Waals surface area (Å²) in [5.74, 6) is -4.06. The smallest absolute Gasteiger partial charge is 0.327 e. The molecule has 0 aliphatic carbocycles. The number of carbonyl (C=O) groups excluding carboxylic acids is 4. The molecule has 14 heteroatoms. The van der Waals surface area contributed by atoms with Crippen LogP contribution in [-0.4, -0.2) is 86.0 Å². The molecule has 4 unspecified atom stereocenters. The molecule has 8 N–H and O–H groups in total. The van der Waals surface area contributed by atoms with Gasteiger partial charge in [-0.2, -0.15) is 12.6 Å². The number of thiol groups is 1. The molecular formula is C18H27N7O6S. The lowest BCUT2D eigenvalue weighted by Gasteiger charge is -2.28. The van der Waals surface area contributed by atoms with Crippen LogP contribution >= 0.6 is 12.6 Å². The van der Waals surface area contributed by atoms with Crippen LogP contribution in [0.4, 0.5) is 0 Å². The molecule has 0 bridgehead atoms. The fourth-order valence-corrected chi connectivity index (χ4v) is 3.62. The van der Waals surface area contributed by atoms with E-state index in [2.05, 4.69) is 33.2 Å². The Balaban J connectivity index is 2.13. The largest absolute Gasteiger partial charge is 0.480 e. The van der Waals surface area contributed by atoms with E-state index in [-0.39, 0.29) is 25.1 Å². The number of aromatic nitrogens is 2. The molecule has 4 amide bonds. The van der Waals surface area contributed by atoms with Crippen molar-refractivity contribution in [3.8, 4) is 0 Å². The highest BCUT2D eigenvalue weighted by molar-refractivity contribution is 7.80. The minimum atomic E-state index is -1.27. The van der Waals surface area contributed by atoms with Gasteiger partial charge in [0.15, 0.2) is 0 Å². The Kier molecular flexibility index (Phi) is 9.02. The van der Waals surface area contributed by atoms with Gasteiger partial charge in [-0.05, 0) is 12.8 Å². The van der Waals surface area contributed by atoms with Gasteiger partial charge in [-0.15, -0.1) is 0 Å². The fourth-order valence-electron chi connectivity index (χ4n) is 3.37. The molecule has 13 nitrogen and oxygen atoms in total. The molecule has 2 heterocycles. The highest BCUT2D eigenvalue weighted by Crippen LogP contribution is 2.19. The molecule has 1 aliphatic heterocycles. The average molecular weight is 470 g/mol. The number of imidazole rings is 1. The Labute approximate surface area is 189 Å². The first-order valence-electron chi connectivity index (χ1n) is 9.90. The van der Waals surface area contributed by atoms with Crippen molar-refractivity contribution in [1.29, 1.82) is 0 Å². The number of carboxylic acid groups (broad SMARTS) is 1. The first kappa shape index (κ1) is 25.1. The number of hydrogen-bond acceptors (Lipinski definition) is 8. The number of hydrogen-bond donors (Lipinski definition) is 7. The SMILES string of the molecule is NC(=O)CC(N)C(=O)N1CCCC1C(=O)NC(Cc1cnc[nH]1)C(=O)NC(CS)C(=O)O. The van der Waals surface area contributed by atoms with E-state index < -0.39 is 53.8 Å². The summed E-state index contributed by atoms with van der Waals surface area (Å²) in [6.45, 7) is 0.265. The van der Waals surface area contributed by atoms with Crippen LogP contribution in [0.2, 0.25) is 0 Å². The molecule has 2 rings (SSSR count). The second kappa shape index (κ2) is 11.5. The number of carboxylic acids is 1. The fraction of sp³-hybridized carbons (Fsp3) is 0.556. The Morgan fingerprint density at radius 2 is 2.00 bits per heavy atom. The van der Waals surface area contributed by atoms with E-state index in [0.717, 1.165) is 0 Å². The molecule has 0 radical (unpaired) electrons. The van der Waals surface area contributed by atoms with Gasteiger partial charge in [0.1, 0.15) is 18.1 Å². The van der Waals surface area contributed by atoms with E-state index in [0.29, 0.717) is 18.5 Å². The summed E-state index contributed by atoms with van der Waals surface area (Å²) in [4.78, 5) is 68.5. The van der Waals surface area contributed by atoms with Crippen molar-refractivity contribution in [1.82, 2.24) is 25.5 Å². The van der Waals surface area contributed by atoms with Crippen molar-refractivity contribution in [3.05, 3.63) is 18.2 Å². The second-order valence-electron chi connectivity index (χ2n) is 7.39. The number of carbonyl (C=O) groups is 5. The predicted octanol–water partition coefficient (Wildman–Crippen LogP) is -2.87. The van der Waals surface area contributed by atoms with E-state index in [4.69, 9.17) is 16.6 Å². The average Bonchev–Trinajstić information content (AvgIpc) is 3.41. The number of nitrogens with zero attached hydrogens (tertiary/aromatic N) is 2. The minimum absolute atomic E-state index is 0.0122. The van der Waals surface area contributed by atoms with Gasteiger partial charge in [-0.1, -0.05) is 0 Å². The Morgan fingerprint density at radius 1 is 1.28 bits per heavy atom. The first-order chi connectivity index (χ1) is 15.1. The third-order valence-electron chi connectivity index (χ3n) is 4.99. The Morgan fingerprint density at radius 3 is 2.56 bits per heavy atom. The van der Waals surface area contributed by atoms with Crippen molar-refractivity contribution in [2.75, 3.05) is 12.3 Å². The van der Waals surface area contributed by atoms with Crippen molar-refractivity contribution >= 4 is 42.2 Å². The number of likely N-dealkylation sites (tertiary alicyclic amines) is 1. The number of primary amides is 1. The lowest BCUT2D eigenvalue weighted by molar-refractivity contribution is -0.142. The van der Waals surface area contributed by atoms with E-state index in [9.17, 15) is 24.0 Å². The summed E-state index contributed by atoms with van der Waals surface area (Å²) < 4.78 is 0. The van der Waals surface area contributed by atoms with Crippen molar-refractivity contribution in [3.63, 3.8) is 0 Å². The van der Waals surface area contributed by atoms with Gasteiger partial charge in [-0.3, -0.25) is 19.2 Å². The van der Waals surface area contributed by atoms with Crippen LogP contribution < -0.4 is 22.1 Å². The number of aliphatic carboxylic acids is 1. The maximum atomic E-state index is 13.0. The van der Waals surface area contributed by atoms with Crippen molar-refractivity contribution in [2.24, 2.45) is 11.5 Å². The number of nitrogens with two attached hydrogens (primary N) is 2. The van der Waals surface area contributed by atoms with Crippen LogP contribution in [0.15, 0.2) is 12.5 Å². The highest BCUT2D eigenvalue weighted by Gasteiger charge is 2.38. The maximum absolute atomic E-state index is 13.0. The van der Waals surface area contributed by atoms with Gasteiger partial charge < -0.3 is 37.1 Å². The first-order valence-corrected chi connectivity index (χ1v) is 10.5. The summed E-state index contributed by atoms with van der Waals surface area (Å²) >= 11 is 3.92. The molecule has 32 heavy (non-hydrogen) atoms. The lowest BCUT2D eigenvalue weighted by atomic mass is 10.1. The van der Waals surface area contributed by atoms with Gasteiger partial charge in [0, 0.05) is 30.6 Å². The number of amides is 4. The zero-order valence-electron chi connectivity index (χ0n) is 17.2. The number of H-pyrrole nitrogens is 1. The summed E-state index contributed by atoms with van der Waals surface area (Å²) in [5.41, 5.74) is 11.4. The zero-order chi connectivity index (χ0) is 23.8. The zero-order valence-corrected chi connectivity index (χ0v) is 18.1. The van der Waals surface area contributed by atoms with E-state index in [1.54, 1.807) is 0 Å². The third kappa shape index (κ3) is 6.68. The molecule has 0 spiro atoms. The molecule has 4 atom stereocenters. The Bertz CT molecular complexity index is 849. The number of rotatable bonds is 11. The van der Waals surface area contributed by atoms with Crippen molar-refractivity contribution < 1.29 is 29.1 Å². The third-order valence-corrected chi connectivity index (χ3v) is 5.35. The van der Waals surface area contributed by atoms with Gasteiger partial charge in [-0.25, -0.2) is 9.78 Å². The Hall–Kier alpha value is -3.13. The number of aromatic amines is 1. The van der Waals surface area contributed by atoms with Gasteiger partial charge in [0.05, 0.1) is 18.8 Å². The molecule has 1 fully saturated rings. The summed E-state index contributed by atoms with van der Waals surface area (Å²) in [6.07, 6.45) is 3.40. The normalized spacial score (nSPS) is 18.4. The van der Waals surface area contributed by atoms with Gasteiger partial charge >= 0.3 is 5.97 Å². The van der Waals surface area contributed by atoms with E-state index >= 15 is 0 Å². The summed E-state index contributed by atoms with van der Waals surface area (Å²) in [6, 6.07) is -4.44. The van der Waals surface area contributed by atoms with Gasteiger partial charge in [0.25, 0.3) is 0 Å². The van der Waals surface area contributed by atoms with Crippen LogP contribution in [0.5, 0.6) is 0 Å². The monoisotopic (exact) mass is 469 g/mol. The summed E-state index contributed by atoms with van der Waals surface area (Å²) in [7, 11) is 0. The molecule has 1 saturated heterocycles. The maximum Gasteiger partial charge on any atom is 0.327 e. The molecular weight excluding hydrogens is 442 g/mol.